The average molecular weight is 539 g/mol. The molecular weight excluding hydrogens is 504 g/mol. The zero-order chi connectivity index (χ0) is 26.2. The lowest BCUT2D eigenvalue weighted by Gasteiger charge is -2.35. The molecule has 1 heterocycles. The number of hydrogen-bond donors (Lipinski definition) is 0. The Morgan fingerprint density at radius 2 is 1.54 bits per heavy atom. The van der Waals surface area contributed by atoms with E-state index < -0.39 is 11.0 Å². The third-order valence-electron chi connectivity index (χ3n) is 6.53. The zero-order valence-electron chi connectivity index (χ0n) is 21.6. The molecular formula is C29H35ClN4O2S. The molecule has 1 unspecified atom stereocenters. The fraction of sp³-hybridized carbons (Fsp3) is 0.345. The number of hydrogen-bond acceptors (Lipinski definition) is 4. The second-order valence-corrected chi connectivity index (χ2v) is 11.4. The number of carbonyl (C=O) groups is 1. The normalized spacial score (nSPS) is 15.1. The Kier molecular flexibility index (Phi) is 9.75. The van der Waals surface area contributed by atoms with Crippen molar-refractivity contribution in [1.82, 2.24) is 14.7 Å². The Hall–Kier alpha value is -2.71. The Morgan fingerprint density at radius 3 is 2.16 bits per heavy atom. The largest absolute Gasteiger partial charge is 0.336 e. The molecule has 0 N–H and O–H groups in total. The zero-order valence-corrected chi connectivity index (χ0v) is 23.1. The van der Waals surface area contributed by atoms with Gasteiger partial charge in [-0.05, 0) is 87.7 Å². The van der Waals surface area contributed by atoms with Crippen LogP contribution in [0.3, 0.4) is 0 Å². The number of amides is 1. The summed E-state index contributed by atoms with van der Waals surface area (Å²) in [7, 11) is 2.78. The van der Waals surface area contributed by atoms with Crippen LogP contribution in [0, 0.1) is 0 Å². The second kappa shape index (κ2) is 13.2. The molecule has 0 aliphatic carbocycles. The average Bonchev–Trinajstić information content (AvgIpc) is 2.93. The number of carbonyl (C=O) groups excluding carboxylic acids is 1. The third kappa shape index (κ3) is 7.65. The van der Waals surface area contributed by atoms with E-state index in [0.29, 0.717) is 17.1 Å². The first-order chi connectivity index (χ1) is 17.9. The SMILES string of the molecule is CN(C)CCCN1CCN(C(=O)c2ccc(N(Cc3ccc(Cl)cc3)S(=O)c3ccccc3)cc2)CC1. The maximum Gasteiger partial charge on any atom is 0.253 e. The molecule has 1 atom stereocenters. The van der Waals surface area contributed by atoms with Gasteiger partial charge >= 0.3 is 0 Å². The van der Waals surface area contributed by atoms with Gasteiger partial charge in [-0.25, -0.2) is 4.21 Å². The number of halogens is 1. The Labute approximate surface area is 228 Å². The van der Waals surface area contributed by atoms with E-state index in [2.05, 4.69) is 23.9 Å². The molecule has 0 bridgehead atoms. The second-order valence-electron chi connectivity index (χ2n) is 9.56. The topological polar surface area (TPSA) is 47.1 Å². The Morgan fingerprint density at radius 1 is 0.892 bits per heavy atom. The van der Waals surface area contributed by atoms with Crippen molar-refractivity contribution in [3.05, 3.63) is 95.0 Å². The molecule has 1 aliphatic heterocycles. The fourth-order valence-corrected chi connectivity index (χ4v) is 5.75. The lowest BCUT2D eigenvalue weighted by Crippen LogP contribution is -2.49. The predicted octanol–water partition coefficient (Wildman–Crippen LogP) is 4.78. The van der Waals surface area contributed by atoms with Crippen molar-refractivity contribution in [3.8, 4) is 0 Å². The summed E-state index contributed by atoms with van der Waals surface area (Å²) in [5.41, 5.74) is 2.44. The van der Waals surface area contributed by atoms with Crippen LogP contribution in [-0.4, -0.2) is 78.2 Å². The van der Waals surface area contributed by atoms with Gasteiger partial charge in [-0.2, -0.15) is 0 Å². The quantitative estimate of drug-likeness (QED) is 0.373. The van der Waals surface area contributed by atoms with E-state index in [1.54, 1.807) is 0 Å². The van der Waals surface area contributed by atoms with Crippen molar-refractivity contribution in [1.29, 1.82) is 0 Å². The van der Waals surface area contributed by atoms with E-state index >= 15 is 0 Å². The molecule has 0 aromatic heterocycles. The lowest BCUT2D eigenvalue weighted by atomic mass is 10.1. The maximum absolute atomic E-state index is 13.6. The van der Waals surface area contributed by atoms with Crippen LogP contribution in [-0.2, 0) is 17.5 Å². The number of rotatable bonds is 10. The van der Waals surface area contributed by atoms with Gasteiger partial charge in [0.15, 0.2) is 11.0 Å². The first kappa shape index (κ1) is 27.3. The summed E-state index contributed by atoms with van der Waals surface area (Å²) in [4.78, 5) is 20.5. The van der Waals surface area contributed by atoms with Gasteiger partial charge in [0.2, 0.25) is 0 Å². The summed E-state index contributed by atoms with van der Waals surface area (Å²) < 4.78 is 15.4. The van der Waals surface area contributed by atoms with Gasteiger partial charge in [-0.1, -0.05) is 41.9 Å². The first-order valence-electron chi connectivity index (χ1n) is 12.7. The fourth-order valence-electron chi connectivity index (χ4n) is 4.40. The van der Waals surface area contributed by atoms with Crippen LogP contribution in [0.2, 0.25) is 5.02 Å². The van der Waals surface area contributed by atoms with E-state index in [1.807, 2.05) is 88.1 Å². The minimum Gasteiger partial charge on any atom is -0.336 e. The molecule has 1 amide bonds. The summed E-state index contributed by atoms with van der Waals surface area (Å²) >= 11 is 6.06. The van der Waals surface area contributed by atoms with Crippen LogP contribution in [0.1, 0.15) is 22.3 Å². The van der Waals surface area contributed by atoms with Crippen molar-refractivity contribution < 1.29 is 9.00 Å². The van der Waals surface area contributed by atoms with Gasteiger partial charge in [0.25, 0.3) is 5.91 Å². The number of benzene rings is 3. The van der Waals surface area contributed by atoms with E-state index in [9.17, 15) is 9.00 Å². The van der Waals surface area contributed by atoms with Crippen LogP contribution in [0.15, 0.2) is 83.8 Å². The summed E-state index contributed by atoms with van der Waals surface area (Å²) in [6, 6.07) is 24.4. The number of nitrogens with zero attached hydrogens (tertiary/aromatic N) is 4. The van der Waals surface area contributed by atoms with Crippen LogP contribution >= 0.6 is 11.6 Å². The highest BCUT2D eigenvalue weighted by molar-refractivity contribution is 7.86. The molecule has 0 radical (unpaired) electrons. The first-order valence-corrected chi connectivity index (χ1v) is 14.1. The van der Waals surface area contributed by atoms with Crippen LogP contribution in [0.5, 0.6) is 0 Å². The molecule has 0 spiro atoms. The monoisotopic (exact) mass is 538 g/mol. The van der Waals surface area contributed by atoms with Crippen LogP contribution in [0.4, 0.5) is 5.69 Å². The number of piperazine rings is 1. The van der Waals surface area contributed by atoms with E-state index in [1.165, 1.54) is 0 Å². The minimum atomic E-state index is -1.41. The van der Waals surface area contributed by atoms with Gasteiger partial charge in [-0.3, -0.25) is 14.0 Å². The Bertz CT molecular complexity index is 1160. The van der Waals surface area contributed by atoms with Crippen molar-refractivity contribution in [3.63, 3.8) is 0 Å². The van der Waals surface area contributed by atoms with Gasteiger partial charge in [0, 0.05) is 36.8 Å². The maximum atomic E-state index is 13.6. The summed E-state index contributed by atoms with van der Waals surface area (Å²) in [5.74, 6) is 0.0490. The third-order valence-corrected chi connectivity index (χ3v) is 8.19. The number of anilines is 1. The van der Waals surface area contributed by atoms with Crippen molar-refractivity contribution in [2.75, 3.05) is 57.7 Å². The van der Waals surface area contributed by atoms with Crippen molar-refractivity contribution >= 4 is 34.2 Å². The van der Waals surface area contributed by atoms with Crippen LogP contribution in [0.25, 0.3) is 0 Å². The van der Waals surface area contributed by atoms with Crippen molar-refractivity contribution in [2.45, 2.75) is 17.9 Å². The highest BCUT2D eigenvalue weighted by Gasteiger charge is 2.23. The molecule has 1 saturated heterocycles. The van der Waals surface area contributed by atoms with Gasteiger partial charge in [0.05, 0.1) is 17.1 Å². The van der Waals surface area contributed by atoms with E-state index in [0.717, 1.165) is 61.8 Å². The molecule has 6 nitrogen and oxygen atoms in total. The molecule has 3 aromatic rings. The van der Waals surface area contributed by atoms with Gasteiger partial charge < -0.3 is 9.80 Å². The van der Waals surface area contributed by atoms with Gasteiger partial charge in [-0.15, -0.1) is 0 Å². The van der Waals surface area contributed by atoms with Crippen molar-refractivity contribution in [2.24, 2.45) is 0 Å². The van der Waals surface area contributed by atoms with Crippen LogP contribution < -0.4 is 4.31 Å². The molecule has 1 fully saturated rings. The van der Waals surface area contributed by atoms with E-state index in [-0.39, 0.29) is 5.91 Å². The minimum absolute atomic E-state index is 0.0490. The molecule has 196 valence electrons. The lowest BCUT2D eigenvalue weighted by molar-refractivity contribution is 0.0634. The molecule has 1 aliphatic rings. The molecule has 8 heteroatoms. The molecule has 0 saturated carbocycles. The molecule has 4 rings (SSSR count). The smallest absolute Gasteiger partial charge is 0.253 e. The molecule has 3 aromatic carbocycles. The predicted molar refractivity (Wildman–Crippen MR) is 152 cm³/mol. The highest BCUT2D eigenvalue weighted by atomic mass is 35.5. The summed E-state index contributed by atoms with van der Waals surface area (Å²) in [6.07, 6.45) is 1.14. The highest BCUT2D eigenvalue weighted by Crippen LogP contribution is 2.25. The summed E-state index contributed by atoms with van der Waals surface area (Å²) in [5, 5.41) is 0.664. The summed E-state index contributed by atoms with van der Waals surface area (Å²) in [6.45, 7) is 5.88. The van der Waals surface area contributed by atoms with E-state index in [4.69, 9.17) is 11.6 Å². The molecule has 37 heavy (non-hydrogen) atoms. The van der Waals surface area contributed by atoms with Gasteiger partial charge in [0.1, 0.15) is 0 Å². The standard InChI is InChI=1S/C29H35ClN4O2S/c1-31(2)17-6-18-32-19-21-33(22-20-32)29(35)25-11-15-27(16-12-25)34(23-24-9-13-26(30)14-10-24)37(36)28-7-4-3-5-8-28/h3-5,7-16H,6,17-23H2,1-2H3. The Balaban J connectivity index is 1.44.